The Kier molecular flexibility index (Phi) is 18.6. The van der Waals surface area contributed by atoms with E-state index in [1.807, 2.05) is 6.08 Å². The molecule has 1 heterocycles. The fraction of sp³-hybridized carbons (Fsp3) is 0.923. The van der Waals surface area contributed by atoms with Gasteiger partial charge in [-0.15, -0.1) is 6.58 Å². The number of rotatable bonds is 22. The van der Waals surface area contributed by atoms with Crippen LogP contribution in [0.5, 0.6) is 0 Å². The third-order valence-corrected chi connectivity index (χ3v) is 6.34. The summed E-state index contributed by atoms with van der Waals surface area (Å²) in [6.45, 7) is 4.11. The highest BCUT2D eigenvalue weighted by atomic mass is 16.6. The largest absolute Gasteiger partial charge is 0.394 e. The molecule has 0 aromatic carbocycles. The van der Waals surface area contributed by atoms with Crippen molar-refractivity contribution < 1.29 is 24.8 Å². The van der Waals surface area contributed by atoms with Gasteiger partial charge in [0.1, 0.15) is 24.4 Å². The molecule has 1 rings (SSSR count). The summed E-state index contributed by atoms with van der Waals surface area (Å²) in [5, 5.41) is 28.7. The number of hydrogen-bond acceptors (Lipinski definition) is 5. The van der Waals surface area contributed by atoms with Crippen LogP contribution in [0.2, 0.25) is 0 Å². The fourth-order valence-corrected chi connectivity index (χ4v) is 4.34. The third kappa shape index (κ3) is 14.3. The van der Waals surface area contributed by atoms with E-state index in [9.17, 15) is 10.2 Å². The average Bonchev–Trinajstić information content (AvgIpc) is 3.15. The molecule has 1 fully saturated rings. The van der Waals surface area contributed by atoms with Crippen LogP contribution >= 0.6 is 0 Å². The molecule has 3 N–H and O–H groups in total. The molecule has 0 unspecified atom stereocenters. The Balaban J connectivity index is 1.79. The molecular weight excluding hydrogens is 392 g/mol. The summed E-state index contributed by atoms with van der Waals surface area (Å²) in [5.74, 6) is 0. The van der Waals surface area contributed by atoms with E-state index in [1.165, 1.54) is 96.3 Å². The zero-order valence-corrected chi connectivity index (χ0v) is 19.9. The zero-order valence-electron chi connectivity index (χ0n) is 19.9. The second kappa shape index (κ2) is 20.2. The predicted molar refractivity (Wildman–Crippen MR) is 127 cm³/mol. The molecule has 0 saturated carbocycles. The summed E-state index contributed by atoms with van der Waals surface area (Å²) in [6, 6.07) is 0. The van der Waals surface area contributed by atoms with Gasteiger partial charge < -0.3 is 24.8 Å². The highest BCUT2D eigenvalue weighted by molar-refractivity contribution is 4.89. The van der Waals surface area contributed by atoms with Gasteiger partial charge in [-0.25, -0.2) is 0 Å². The first-order chi connectivity index (χ1) is 15.2. The zero-order chi connectivity index (χ0) is 22.6. The lowest BCUT2D eigenvalue weighted by Gasteiger charge is -2.23. The van der Waals surface area contributed by atoms with Crippen LogP contribution in [-0.2, 0) is 9.47 Å². The number of aliphatic hydroxyl groups excluding tert-OH is 3. The minimum absolute atomic E-state index is 0.156. The Morgan fingerprint density at radius 1 is 0.806 bits per heavy atom. The molecular formula is C26H50O5. The molecule has 0 spiro atoms. The maximum Gasteiger partial charge on any atom is 0.114 e. The smallest absolute Gasteiger partial charge is 0.114 e. The van der Waals surface area contributed by atoms with Crippen molar-refractivity contribution in [2.75, 3.05) is 19.8 Å². The Labute approximate surface area is 191 Å². The van der Waals surface area contributed by atoms with Crippen molar-refractivity contribution in [3.05, 3.63) is 12.7 Å². The maximum atomic E-state index is 9.91. The predicted octanol–water partition coefficient (Wildman–Crippen LogP) is 5.30. The summed E-state index contributed by atoms with van der Waals surface area (Å²) in [7, 11) is 0. The van der Waals surface area contributed by atoms with Gasteiger partial charge in [0, 0.05) is 6.61 Å². The van der Waals surface area contributed by atoms with E-state index in [0.717, 1.165) is 12.8 Å². The summed E-state index contributed by atoms with van der Waals surface area (Å²) in [4.78, 5) is 0. The van der Waals surface area contributed by atoms with Gasteiger partial charge in [0.15, 0.2) is 0 Å². The number of unbranched alkanes of at least 4 members (excludes halogenated alkanes) is 16. The molecule has 0 radical (unpaired) electrons. The van der Waals surface area contributed by atoms with Crippen LogP contribution < -0.4 is 0 Å². The lowest BCUT2D eigenvalue weighted by molar-refractivity contribution is -0.0938. The Bertz CT molecular complexity index is 403. The molecule has 4 atom stereocenters. The van der Waals surface area contributed by atoms with E-state index in [0.29, 0.717) is 6.61 Å². The van der Waals surface area contributed by atoms with Crippen molar-refractivity contribution in [3.8, 4) is 0 Å². The SMILES string of the molecule is C=CCCCCCCCCCCCCCCCCCCO[C@H]1[C@@H]([C@@H](O)CO)OC[C@H]1O. The van der Waals surface area contributed by atoms with Gasteiger partial charge >= 0.3 is 0 Å². The molecule has 0 aromatic rings. The Morgan fingerprint density at radius 3 is 1.71 bits per heavy atom. The minimum Gasteiger partial charge on any atom is -0.394 e. The van der Waals surface area contributed by atoms with Gasteiger partial charge in [-0.3, -0.25) is 0 Å². The summed E-state index contributed by atoms with van der Waals surface area (Å²) >= 11 is 0. The van der Waals surface area contributed by atoms with E-state index < -0.39 is 24.4 Å². The van der Waals surface area contributed by atoms with Gasteiger partial charge in [0.05, 0.1) is 13.2 Å². The summed E-state index contributed by atoms with van der Waals surface area (Å²) in [6.07, 6.45) is 21.5. The van der Waals surface area contributed by atoms with Crippen molar-refractivity contribution in [1.82, 2.24) is 0 Å². The van der Waals surface area contributed by atoms with Crippen LogP contribution in [0.4, 0.5) is 0 Å². The van der Waals surface area contributed by atoms with Crippen LogP contribution in [0.3, 0.4) is 0 Å². The Hall–Kier alpha value is -0.460. The fourth-order valence-electron chi connectivity index (χ4n) is 4.34. The van der Waals surface area contributed by atoms with Crippen molar-refractivity contribution in [3.63, 3.8) is 0 Å². The van der Waals surface area contributed by atoms with Crippen LogP contribution in [0.15, 0.2) is 12.7 Å². The molecule has 0 aromatic heterocycles. The lowest BCUT2D eigenvalue weighted by atomic mass is 10.0. The molecule has 1 aliphatic rings. The summed E-state index contributed by atoms with van der Waals surface area (Å²) in [5.41, 5.74) is 0. The van der Waals surface area contributed by atoms with Crippen molar-refractivity contribution >= 4 is 0 Å². The standard InChI is InChI=1S/C26H50O5/c1-2-3-4-5-6-7-8-9-10-11-12-13-14-15-16-17-18-19-20-30-26-24(29)22-31-25(26)23(28)21-27/h2,23-29H,1,3-22H2/t23-,24+,25+,26+/m0/s1. The van der Waals surface area contributed by atoms with E-state index >= 15 is 0 Å². The van der Waals surface area contributed by atoms with Gasteiger partial charge in [0.25, 0.3) is 0 Å². The summed E-state index contributed by atoms with van der Waals surface area (Å²) < 4.78 is 11.1. The molecule has 1 saturated heterocycles. The van der Waals surface area contributed by atoms with Crippen LogP contribution in [0, 0.1) is 0 Å². The Morgan fingerprint density at radius 2 is 1.26 bits per heavy atom. The normalized spacial score (nSPS) is 22.1. The number of aliphatic hydroxyl groups is 3. The van der Waals surface area contributed by atoms with E-state index in [-0.39, 0.29) is 13.2 Å². The second-order valence-electron chi connectivity index (χ2n) is 9.18. The first-order valence-electron chi connectivity index (χ1n) is 13.0. The van der Waals surface area contributed by atoms with Crippen LogP contribution in [0.25, 0.3) is 0 Å². The topological polar surface area (TPSA) is 79.2 Å². The van der Waals surface area contributed by atoms with Crippen LogP contribution in [0.1, 0.15) is 109 Å². The van der Waals surface area contributed by atoms with Crippen molar-refractivity contribution in [2.45, 2.75) is 134 Å². The molecule has 0 aliphatic carbocycles. The highest BCUT2D eigenvalue weighted by Crippen LogP contribution is 2.21. The quantitative estimate of drug-likeness (QED) is 0.157. The number of ether oxygens (including phenoxy) is 2. The average molecular weight is 443 g/mol. The molecule has 5 nitrogen and oxygen atoms in total. The van der Waals surface area contributed by atoms with Gasteiger partial charge in [-0.2, -0.15) is 0 Å². The van der Waals surface area contributed by atoms with Gasteiger partial charge in [0.2, 0.25) is 0 Å². The van der Waals surface area contributed by atoms with Gasteiger partial charge in [-0.1, -0.05) is 96.0 Å². The molecule has 1 aliphatic heterocycles. The number of hydrogen-bond donors (Lipinski definition) is 3. The molecule has 0 bridgehead atoms. The highest BCUT2D eigenvalue weighted by Gasteiger charge is 2.40. The maximum absolute atomic E-state index is 9.91. The molecule has 0 amide bonds. The van der Waals surface area contributed by atoms with Crippen molar-refractivity contribution in [2.24, 2.45) is 0 Å². The molecule has 31 heavy (non-hydrogen) atoms. The van der Waals surface area contributed by atoms with Crippen LogP contribution in [-0.4, -0.2) is 59.6 Å². The second-order valence-corrected chi connectivity index (χ2v) is 9.18. The van der Waals surface area contributed by atoms with E-state index in [4.69, 9.17) is 14.6 Å². The minimum atomic E-state index is -1.00. The monoisotopic (exact) mass is 442 g/mol. The third-order valence-electron chi connectivity index (χ3n) is 6.34. The lowest BCUT2D eigenvalue weighted by Crippen LogP contribution is -2.42. The van der Waals surface area contributed by atoms with E-state index in [2.05, 4.69) is 6.58 Å². The van der Waals surface area contributed by atoms with E-state index in [1.54, 1.807) is 0 Å². The number of allylic oxidation sites excluding steroid dienone is 1. The first kappa shape index (κ1) is 28.6. The first-order valence-corrected chi connectivity index (χ1v) is 13.0. The van der Waals surface area contributed by atoms with Crippen molar-refractivity contribution in [1.29, 1.82) is 0 Å². The molecule has 184 valence electrons. The van der Waals surface area contributed by atoms with Gasteiger partial charge in [-0.05, 0) is 19.3 Å². The molecule has 5 heteroatoms.